The Balaban J connectivity index is 2.92. The SMILES string of the molecule is CC(C)c1nc(N)cc2ccc(F)c(Cl)c12. The number of rotatable bonds is 1. The van der Waals surface area contributed by atoms with Gasteiger partial charge in [0.2, 0.25) is 0 Å². The average molecular weight is 239 g/mol. The van der Waals surface area contributed by atoms with Crippen molar-refractivity contribution in [1.82, 2.24) is 4.98 Å². The maximum atomic E-state index is 13.4. The molecule has 4 heteroatoms. The molecule has 0 unspecified atom stereocenters. The second kappa shape index (κ2) is 3.91. The van der Waals surface area contributed by atoms with Crippen LogP contribution in [0.5, 0.6) is 0 Å². The molecule has 0 saturated carbocycles. The number of aromatic nitrogens is 1. The van der Waals surface area contributed by atoms with Crippen molar-refractivity contribution in [1.29, 1.82) is 0 Å². The minimum Gasteiger partial charge on any atom is -0.384 e. The standard InChI is InChI=1S/C12H12ClFN2/c1-6(2)12-10-7(5-9(15)16-12)3-4-8(14)11(10)13/h3-6H,1-2H3,(H2,15,16). The van der Waals surface area contributed by atoms with Gasteiger partial charge in [-0.1, -0.05) is 31.5 Å². The zero-order valence-corrected chi connectivity index (χ0v) is 9.85. The summed E-state index contributed by atoms with van der Waals surface area (Å²) >= 11 is 5.97. The summed E-state index contributed by atoms with van der Waals surface area (Å²) < 4.78 is 13.4. The first-order chi connectivity index (χ1) is 7.50. The summed E-state index contributed by atoms with van der Waals surface area (Å²) in [5, 5.41) is 1.60. The predicted molar refractivity (Wildman–Crippen MR) is 65.2 cm³/mol. The Kier molecular flexibility index (Phi) is 2.72. The third kappa shape index (κ3) is 1.71. The summed E-state index contributed by atoms with van der Waals surface area (Å²) in [6.07, 6.45) is 0. The van der Waals surface area contributed by atoms with Gasteiger partial charge in [0.1, 0.15) is 11.6 Å². The summed E-state index contributed by atoms with van der Waals surface area (Å²) in [6, 6.07) is 4.71. The van der Waals surface area contributed by atoms with Crippen LogP contribution in [0.25, 0.3) is 10.8 Å². The average Bonchev–Trinajstić information content (AvgIpc) is 2.22. The van der Waals surface area contributed by atoms with Crippen LogP contribution in [0.15, 0.2) is 18.2 Å². The van der Waals surface area contributed by atoms with Crippen LogP contribution >= 0.6 is 11.6 Å². The lowest BCUT2D eigenvalue weighted by molar-refractivity contribution is 0.629. The monoisotopic (exact) mass is 238 g/mol. The van der Waals surface area contributed by atoms with E-state index in [2.05, 4.69) is 4.98 Å². The van der Waals surface area contributed by atoms with Crippen molar-refractivity contribution in [3.8, 4) is 0 Å². The second-order valence-electron chi connectivity index (χ2n) is 4.05. The molecule has 0 spiro atoms. The van der Waals surface area contributed by atoms with Crippen LogP contribution in [0.4, 0.5) is 10.2 Å². The zero-order chi connectivity index (χ0) is 11.9. The highest BCUT2D eigenvalue weighted by Gasteiger charge is 2.14. The molecule has 0 fully saturated rings. The Hall–Kier alpha value is -1.35. The first-order valence-electron chi connectivity index (χ1n) is 5.05. The third-order valence-corrected chi connectivity index (χ3v) is 2.85. The molecular weight excluding hydrogens is 227 g/mol. The second-order valence-corrected chi connectivity index (χ2v) is 4.42. The molecule has 1 heterocycles. The number of nitrogen functional groups attached to an aromatic ring is 1. The van der Waals surface area contributed by atoms with Crippen molar-refractivity contribution in [3.63, 3.8) is 0 Å². The van der Waals surface area contributed by atoms with Gasteiger partial charge in [0.25, 0.3) is 0 Å². The van der Waals surface area contributed by atoms with Crippen molar-refractivity contribution >= 4 is 28.2 Å². The van der Waals surface area contributed by atoms with E-state index in [1.807, 2.05) is 13.8 Å². The lowest BCUT2D eigenvalue weighted by atomic mass is 10.0. The van der Waals surface area contributed by atoms with Crippen LogP contribution in [0, 0.1) is 5.82 Å². The molecule has 16 heavy (non-hydrogen) atoms. The van der Waals surface area contributed by atoms with E-state index in [-0.39, 0.29) is 10.9 Å². The van der Waals surface area contributed by atoms with Crippen LogP contribution in [0.1, 0.15) is 25.5 Å². The summed E-state index contributed by atoms with van der Waals surface area (Å²) in [5.74, 6) is 0.145. The number of hydrogen-bond acceptors (Lipinski definition) is 2. The van der Waals surface area contributed by atoms with Gasteiger partial charge in [-0.15, -0.1) is 0 Å². The maximum absolute atomic E-state index is 13.4. The molecule has 0 amide bonds. The number of benzene rings is 1. The normalized spacial score (nSPS) is 11.3. The quantitative estimate of drug-likeness (QED) is 0.822. The summed E-state index contributed by atoms with van der Waals surface area (Å²) in [7, 11) is 0. The van der Waals surface area contributed by atoms with E-state index in [4.69, 9.17) is 17.3 Å². The molecule has 0 aliphatic heterocycles. The van der Waals surface area contributed by atoms with Crippen LogP contribution in [0.2, 0.25) is 5.02 Å². The van der Waals surface area contributed by atoms with E-state index >= 15 is 0 Å². The molecule has 0 bridgehead atoms. The topological polar surface area (TPSA) is 38.9 Å². The van der Waals surface area contributed by atoms with Crippen molar-refractivity contribution in [2.45, 2.75) is 19.8 Å². The Morgan fingerprint density at radius 3 is 2.69 bits per heavy atom. The van der Waals surface area contributed by atoms with E-state index < -0.39 is 5.82 Å². The van der Waals surface area contributed by atoms with Gasteiger partial charge in [-0.2, -0.15) is 0 Å². The lowest BCUT2D eigenvalue weighted by Gasteiger charge is -2.11. The first kappa shape index (κ1) is 11.1. The molecule has 1 aromatic carbocycles. The van der Waals surface area contributed by atoms with Gasteiger partial charge in [0.15, 0.2) is 0 Å². The van der Waals surface area contributed by atoms with Crippen molar-refractivity contribution < 1.29 is 4.39 Å². The number of nitrogens with zero attached hydrogens (tertiary/aromatic N) is 1. The molecule has 0 aliphatic carbocycles. The van der Waals surface area contributed by atoms with Crippen molar-refractivity contribution in [2.24, 2.45) is 0 Å². The molecule has 0 radical (unpaired) electrons. The number of hydrogen-bond donors (Lipinski definition) is 1. The van der Waals surface area contributed by atoms with E-state index in [1.165, 1.54) is 6.07 Å². The van der Waals surface area contributed by atoms with Gasteiger partial charge < -0.3 is 5.73 Å². The molecule has 0 saturated heterocycles. The highest BCUT2D eigenvalue weighted by Crippen LogP contribution is 2.32. The van der Waals surface area contributed by atoms with Crippen molar-refractivity contribution in [2.75, 3.05) is 5.73 Å². The Morgan fingerprint density at radius 2 is 2.06 bits per heavy atom. The highest BCUT2D eigenvalue weighted by molar-refractivity contribution is 6.36. The van der Waals surface area contributed by atoms with Gasteiger partial charge in [0, 0.05) is 5.39 Å². The minimum absolute atomic E-state index is 0.119. The molecule has 1 aromatic heterocycles. The number of nitrogens with two attached hydrogens (primary N) is 1. The van der Waals surface area contributed by atoms with E-state index in [0.717, 1.165) is 11.1 Å². The molecular formula is C12H12ClFN2. The molecule has 2 aromatic rings. The summed E-state index contributed by atoms with van der Waals surface area (Å²) in [4.78, 5) is 4.23. The van der Waals surface area contributed by atoms with Crippen LogP contribution in [-0.4, -0.2) is 4.98 Å². The number of pyridine rings is 1. The minimum atomic E-state index is -0.428. The Bertz CT molecular complexity index is 552. The summed E-state index contributed by atoms with van der Waals surface area (Å²) in [5.41, 5.74) is 6.44. The van der Waals surface area contributed by atoms with Gasteiger partial charge >= 0.3 is 0 Å². The highest BCUT2D eigenvalue weighted by atomic mass is 35.5. The predicted octanol–water partition coefficient (Wildman–Crippen LogP) is 3.73. The zero-order valence-electron chi connectivity index (χ0n) is 9.09. The molecule has 0 atom stereocenters. The van der Waals surface area contributed by atoms with Crippen LogP contribution in [0.3, 0.4) is 0 Å². The fourth-order valence-electron chi connectivity index (χ4n) is 1.75. The maximum Gasteiger partial charge on any atom is 0.142 e. The first-order valence-corrected chi connectivity index (χ1v) is 5.42. The van der Waals surface area contributed by atoms with Gasteiger partial charge in [-0.05, 0) is 23.4 Å². The lowest BCUT2D eigenvalue weighted by Crippen LogP contribution is -2.00. The van der Waals surface area contributed by atoms with E-state index in [1.54, 1.807) is 12.1 Å². The molecule has 2 nitrogen and oxygen atoms in total. The smallest absolute Gasteiger partial charge is 0.142 e. The van der Waals surface area contributed by atoms with Gasteiger partial charge in [-0.25, -0.2) is 9.37 Å². The van der Waals surface area contributed by atoms with Crippen LogP contribution < -0.4 is 5.73 Å². The number of anilines is 1. The van der Waals surface area contributed by atoms with E-state index in [0.29, 0.717) is 11.2 Å². The van der Waals surface area contributed by atoms with E-state index in [9.17, 15) is 4.39 Å². The Labute approximate surface area is 98.2 Å². The number of halogens is 2. The molecule has 2 rings (SSSR count). The van der Waals surface area contributed by atoms with Gasteiger partial charge in [-0.3, -0.25) is 0 Å². The van der Waals surface area contributed by atoms with Gasteiger partial charge in [0.05, 0.1) is 10.7 Å². The van der Waals surface area contributed by atoms with Crippen LogP contribution in [-0.2, 0) is 0 Å². The Morgan fingerprint density at radius 1 is 1.38 bits per heavy atom. The fourth-order valence-corrected chi connectivity index (χ4v) is 2.02. The van der Waals surface area contributed by atoms with Crippen molar-refractivity contribution in [3.05, 3.63) is 34.7 Å². The molecule has 2 N–H and O–H groups in total. The third-order valence-electron chi connectivity index (χ3n) is 2.48. The largest absolute Gasteiger partial charge is 0.384 e. The molecule has 84 valence electrons. The fraction of sp³-hybridized carbons (Fsp3) is 0.250. The molecule has 0 aliphatic rings. The summed E-state index contributed by atoms with van der Waals surface area (Å²) in [6.45, 7) is 3.95. The number of fused-ring (bicyclic) bond motifs is 1.